The Bertz CT molecular complexity index is 1040. The molecule has 0 unspecified atom stereocenters. The molecule has 2 aromatic heterocycles. The molecule has 28 heavy (non-hydrogen) atoms. The number of nitrogens with zero attached hydrogens (tertiary/aromatic N) is 2. The van der Waals surface area contributed by atoms with E-state index in [2.05, 4.69) is 11.9 Å². The SMILES string of the molecule is CCOC(=O)c1sc2nc3c(c(-c4ccc(OC)cc4)c2c1N)CN(C)CC3. The van der Waals surface area contributed by atoms with Gasteiger partial charge in [0, 0.05) is 36.2 Å². The molecule has 6 nitrogen and oxygen atoms in total. The maximum atomic E-state index is 12.4. The second kappa shape index (κ2) is 7.41. The summed E-state index contributed by atoms with van der Waals surface area (Å²) in [5, 5.41) is 0.840. The molecule has 1 aromatic carbocycles. The number of benzene rings is 1. The average molecular weight is 398 g/mol. The highest BCUT2D eigenvalue weighted by Crippen LogP contribution is 2.43. The van der Waals surface area contributed by atoms with Gasteiger partial charge in [0.15, 0.2) is 0 Å². The van der Waals surface area contributed by atoms with E-state index in [1.165, 1.54) is 16.9 Å². The van der Waals surface area contributed by atoms with Gasteiger partial charge in [-0.1, -0.05) is 12.1 Å². The van der Waals surface area contributed by atoms with Gasteiger partial charge in [0.2, 0.25) is 0 Å². The molecule has 0 bridgehead atoms. The number of aromatic nitrogens is 1. The van der Waals surface area contributed by atoms with Gasteiger partial charge in [0.25, 0.3) is 0 Å². The van der Waals surface area contributed by atoms with Gasteiger partial charge < -0.3 is 20.1 Å². The van der Waals surface area contributed by atoms with E-state index < -0.39 is 5.97 Å². The van der Waals surface area contributed by atoms with Crippen molar-refractivity contribution in [2.45, 2.75) is 19.9 Å². The standard InChI is InChI=1S/C21H23N3O3S/c1-4-27-21(25)19-18(22)17-16(12-5-7-13(26-3)8-6-12)14-11-24(2)10-9-15(14)23-20(17)28-19/h5-8H,4,9-11,22H2,1-3H3. The number of methoxy groups -OCH3 is 1. The molecule has 0 saturated carbocycles. The largest absolute Gasteiger partial charge is 0.497 e. The number of ether oxygens (including phenoxy) is 2. The Morgan fingerprint density at radius 1 is 1.32 bits per heavy atom. The fraction of sp³-hybridized carbons (Fsp3) is 0.333. The van der Waals surface area contributed by atoms with Crippen molar-refractivity contribution in [3.63, 3.8) is 0 Å². The van der Waals surface area contributed by atoms with Gasteiger partial charge in [-0.25, -0.2) is 9.78 Å². The van der Waals surface area contributed by atoms with Crippen molar-refractivity contribution in [2.75, 3.05) is 33.0 Å². The molecule has 0 saturated heterocycles. The number of anilines is 1. The third kappa shape index (κ3) is 3.10. The van der Waals surface area contributed by atoms with Crippen LogP contribution in [-0.4, -0.2) is 43.2 Å². The zero-order valence-electron chi connectivity index (χ0n) is 16.2. The zero-order valence-corrected chi connectivity index (χ0v) is 17.1. The molecule has 1 aliphatic rings. The minimum absolute atomic E-state index is 0.312. The van der Waals surface area contributed by atoms with Crippen LogP contribution >= 0.6 is 11.3 Å². The lowest BCUT2D eigenvalue weighted by molar-refractivity contribution is 0.0533. The monoisotopic (exact) mass is 397 g/mol. The fourth-order valence-electron chi connectivity index (χ4n) is 3.68. The van der Waals surface area contributed by atoms with Gasteiger partial charge in [-0.3, -0.25) is 0 Å². The van der Waals surface area contributed by atoms with Crippen LogP contribution in [0, 0.1) is 0 Å². The second-order valence-corrected chi connectivity index (χ2v) is 7.87. The normalized spacial score (nSPS) is 14.1. The van der Waals surface area contributed by atoms with Gasteiger partial charge in [-0.15, -0.1) is 11.3 Å². The summed E-state index contributed by atoms with van der Waals surface area (Å²) >= 11 is 1.31. The molecule has 146 valence electrons. The van der Waals surface area contributed by atoms with Gasteiger partial charge in [0.05, 0.1) is 19.4 Å². The molecule has 3 heterocycles. The van der Waals surface area contributed by atoms with Crippen LogP contribution in [0.1, 0.15) is 27.9 Å². The van der Waals surface area contributed by atoms with Crippen molar-refractivity contribution in [2.24, 2.45) is 0 Å². The van der Waals surface area contributed by atoms with E-state index in [-0.39, 0.29) is 0 Å². The molecule has 0 amide bonds. The van der Waals surface area contributed by atoms with E-state index in [0.29, 0.717) is 17.2 Å². The molecule has 2 N–H and O–H groups in total. The number of hydrogen-bond donors (Lipinski definition) is 1. The van der Waals surface area contributed by atoms with Crippen molar-refractivity contribution < 1.29 is 14.3 Å². The molecule has 0 fully saturated rings. The highest BCUT2D eigenvalue weighted by molar-refractivity contribution is 7.21. The Morgan fingerprint density at radius 3 is 2.75 bits per heavy atom. The first-order chi connectivity index (χ1) is 13.5. The number of carbonyl (C=O) groups excluding carboxylic acids is 1. The second-order valence-electron chi connectivity index (χ2n) is 6.87. The molecule has 0 atom stereocenters. The van der Waals surface area contributed by atoms with Crippen molar-refractivity contribution in [3.05, 3.63) is 40.4 Å². The molecular weight excluding hydrogens is 374 g/mol. The first-order valence-electron chi connectivity index (χ1n) is 9.27. The number of rotatable bonds is 4. The summed E-state index contributed by atoms with van der Waals surface area (Å²) in [7, 11) is 3.75. The quantitative estimate of drug-likeness (QED) is 0.676. The highest BCUT2D eigenvalue weighted by Gasteiger charge is 2.27. The Balaban J connectivity index is 2.00. The number of nitrogens with two attached hydrogens (primary N) is 1. The lowest BCUT2D eigenvalue weighted by Gasteiger charge is -2.27. The number of esters is 1. The average Bonchev–Trinajstić information content (AvgIpc) is 3.03. The van der Waals surface area contributed by atoms with E-state index in [0.717, 1.165) is 52.3 Å². The topological polar surface area (TPSA) is 77.7 Å². The molecule has 0 aliphatic carbocycles. The van der Waals surface area contributed by atoms with Crippen molar-refractivity contribution in [1.29, 1.82) is 0 Å². The van der Waals surface area contributed by atoms with Crippen LogP contribution in [0.3, 0.4) is 0 Å². The third-order valence-corrected chi connectivity index (χ3v) is 6.14. The van der Waals surface area contributed by atoms with Gasteiger partial charge >= 0.3 is 5.97 Å². The molecule has 1 aliphatic heterocycles. The summed E-state index contributed by atoms with van der Waals surface area (Å²) in [5.41, 5.74) is 11.3. The minimum atomic E-state index is -0.390. The van der Waals surface area contributed by atoms with Crippen LogP contribution in [0.4, 0.5) is 5.69 Å². The number of hydrogen-bond acceptors (Lipinski definition) is 7. The van der Waals surface area contributed by atoms with Crippen LogP contribution in [0.25, 0.3) is 21.3 Å². The van der Waals surface area contributed by atoms with E-state index >= 15 is 0 Å². The van der Waals surface area contributed by atoms with Gasteiger partial charge in [-0.05, 0) is 37.2 Å². The van der Waals surface area contributed by atoms with Crippen LogP contribution in [0.15, 0.2) is 24.3 Å². The first-order valence-corrected chi connectivity index (χ1v) is 10.1. The first kappa shape index (κ1) is 18.7. The van der Waals surface area contributed by atoms with Crippen LogP contribution in [0.5, 0.6) is 5.75 Å². The van der Waals surface area contributed by atoms with E-state index in [1.54, 1.807) is 14.0 Å². The number of likely N-dealkylation sites (N-methyl/N-ethyl adjacent to an activating group) is 1. The summed E-state index contributed by atoms with van der Waals surface area (Å²) < 4.78 is 10.5. The van der Waals surface area contributed by atoms with Gasteiger partial charge in [0.1, 0.15) is 15.5 Å². The highest BCUT2D eigenvalue weighted by atomic mass is 32.1. The summed E-state index contributed by atoms with van der Waals surface area (Å²) in [4.78, 5) is 20.8. The summed E-state index contributed by atoms with van der Waals surface area (Å²) in [6.07, 6.45) is 0.872. The predicted octanol–water partition coefficient (Wildman–Crippen LogP) is 3.72. The molecule has 0 spiro atoms. The van der Waals surface area contributed by atoms with Crippen LogP contribution in [-0.2, 0) is 17.7 Å². The molecule has 0 radical (unpaired) electrons. The summed E-state index contributed by atoms with van der Waals surface area (Å²) in [6, 6.07) is 7.94. The molecule has 7 heteroatoms. The Kier molecular flexibility index (Phi) is 4.95. The maximum Gasteiger partial charge on any atom is 0.350 e. The number of thiophene rings is 1. The Hall–Kier alpha value is -2.64. The lowest BCUT2D eigenvalue weighted by Crippen LogP contribution is -2.27. The van der Waals surface area contributed by atoms with Crippen molar-refractivity contribution in [3.8, 4) is 16.9 Å². The lowest BCUT2D eigenvalue weighted by atomic mass is 9.92. The zero-order chi connectivity index (χ0) is 19.8. The van der Waals surface area contributed by atoms with Gasteiger partial charge in [-0.2, -0.15) is 0 Å². The molecular formula is C21H23N3O3S. The molecule has 3 aromatic rings. The van der Waals surface area contributed by atoms with Crippen molar-refractivity contribution in [1.82, 2.24) is 9.88 Å². The fourth-order valence-corrected chi connectivity index (χ4v) is 4.70. The third-order valence-electron chi connectivity index (χ3n) is 5.06. The van der Waals surface area contributed by atoms with Crippen LogP contribution in [0.2, 0.25) is 0 Å². The number of fused-ring (bicyclic) bond motifs is 2. The smallest absolute Gasteiger partial charge is 0.350 e. The number of pyridine rings is 1. The van der Waals surface area contributed by atoms with Crippen molar-refractivity contribution >= 4 is 33.2 Å². The summed E-state index contributed by atoms with van der Waals surface area (Å²) in [5.74, 6) is 0.407. The molecule has 4 rings (SSSR count). The maximum absolute atomic E-state index is 12.4. The Labute approximate surface area is 167 Å². The van der Waals surface area contributed by atoms with Crippen LogP contribution < -0.4 is 10.5 Å². The summed E-state index contributed by atoms with van der Waals surface area (Å²) in [6.45, 7) is 3.85. The Morgan fingerprint density at radius 2 is 2.07 bits per heavy atom. The number of nitrogen functional groups attached to an aromatic ring is 1. The predicted molar refractivity (Wildman–Crippen MR) is 112 cm³/mol. The number of carbonyl (C=O) groups is 1. The van der Waals surface area contributed by atoms with E-state index in [9.17, 15) is 4.79 Å². The minimum Gasteiger partial charge on any atom is -0.497 e. The van der Waals surface area contributed by atoms with E-state index in [4.69, 9.17) is 20.2 Å². The van der Waals surface area contributed by atoms with E-state index in [1.807, 2.05) is 24.3 Å².